The third-order valence-electron chi connectivity index (χ3n) is 2.98. The first-order chi connectivity index (χ1) is 8.52. The van der Waals surface area contributed by atoms with Gasteiger partial charge in [0.15, 0.2) is 9.84 Å². The van der Waals surface area contributed by atoms with Crippen molar-refractivity contribution in [3.8, 4) is 0 Å². The van der Waals surface area contributed by atoms with Crippen LogP contribution in [0.5, 0.6) is 0 Å². The van der Waals surface area contributed by atoms with Gasteiger partial charge in [0.1, 0.15) is 0 Å². The number of sulfone groups is 1. The number of isocyanates is 1. The summed E-state index contributed by atoms with van der Waals surface area (Å²) in [6.45, 7) is 1.89. The maximum Gasteiger partial charge on any atom is 0.240 e. The van der Waals surface area contributed by atoms with Gasteiger partial charge in [-0.25, -0.2) is 13.2 Å². The van der Waals surface area contributed by atoms with E-state index in [1.54, 1.807) is 12.1 Å². The monoisotopic (exact) mass is 266 g/mol. The van der Waals surface area contributed by atoms with E-state index in [9.17, 15) is 13.2 Å². The Bertz CT molecular complexity index is 598. The second-order valence-electron chi connectivity index (χ2n) is 4.32. The second kappa shape index (κ2) is 4.92. The molecule has 0 N–H and O–H groups in total. The van der Waals surface area contributed by atoms with Crippen molar-refractivity contribution < 1.29 is 13.2 Å². The smallest absolute Gasteiger partial charge is 0.240 e. The quantitative estimate of drug-likeness (QED) is 0.616. The van der Waals surface area contributed by atoms with Crippen LogP contribution in [0.2, 0.25) is 0 Å². The standard InChI is InChI=1S/C12H14N2O3S/c1-18(16,17)12-5-4-10(8-11(12)13-9-15)14-6-2-3-7-14/h4-5,8H,2-3,6-7H2,1H3. The van der Waals surface area contributed by atoms with Gasteiger partial charge >= 0.3 is 0 Å². The van der Waals surface area contributed by atoms with Crippen molar-refractivity contribution >= 4 is 27.3 Å². The van der Waals surface area contributed by atoms with Gasteiger partial charge in [-0.15, -0.1) is 0 Å². The molecule has 1 heterocycles. The Morgan fingerprint density at radius 3 is 2.50 bits per heavy atom. The number of anilines is 1. The molecule has 0 bridgehead atoms. The molecule has 0 aromatic heterocycles. The lowest BCUT2D eigenvalue weighted by Crippen LogP contribution is -2.17. The van der Waals surface area contributed by atoms with Gasteiger partial charge < -0.3 is 4.90 Å². The molecule has 0 atom stereocenters. The predicted octanol–water partition coefficient (Wildman–Crippen LogP) is 1.66. The number of nitrogens with zero attached hydrogens (tertiary/aromatic N) is 2. The van der Waals surface area contributed by atoms with Crippen molar-refractivity contribution in [1.29, 1.82) is 0 Å². The van der Waals surface area contributed by atoms with Crippen LogP contribution in [0.4, 0.5) is 11.4 Å². The molecule has 96 valence electrons. The second-order valence-corrected chi connectivity index (χ2v) is 6.31. The van der Waals surface area contributed by atoms with E-state index in [1.165, 1.54) is 12.1 Å². The number of benzene rings is 1. The molecule has 6 heteroatoms. The van der Waals surface area contributed by atoms with Crippen molar-refractivity contribution in [3.05, 3.63) is 18.2 Å². The summed E-state index contributed by atoms with van der Waals surface area (Å²) in [6, 6.07) is 4.89. The summed E-state index contributed by atoms with van der Waals surface area (Å²) >= 11 is 0. The highest BCUT2D eigenvalue weighted by atomic mass is 32.2. The molecule has 18 heavy (non-hydrogen) atoms. The normalized spacial score (nSPS) is 15.5. The van der Waals surface area contributed by atoms with Crippen LogP contribution in [-0.4, -0.2) is 33.8 Å². The summed E-state index contributed by atoms with van der Waals surface area (Å²) in [4.78, 5) is 16.1. The molecule has 0 saturated carbocycles. The van der Waals surface area contributed by atoms with Crippen LogP contribution in [0.15, 0.2) is 28.1 Å². The first kappa shape index (κ1) is 12.8. The van der Waals surface area contributed by atoms with Crippen LogP contribution in [0.25, 0.3) is 0 Å². The van der Waals surface area contributed by atoms with Crippen molar-refractivity contribution in [2.45, 2.75) is 17.7 Å². The number of hydrogen-bond donors (Lipinski definition) is 0. The molecule has 1 fully saturated rings. The Balaban J connectivity index is 2.49. The van der Waals surface area contributed by atoms with E-state index in [0.29, 0.717) is 0 Å². The maximum atomic E-state index is 11.6. The van der Waals surface area contributed by atoms with Gasteiger partial charge in [0.05, 0.1) is 10.6 Å². The molecule has 0 unspecified atom stereocenters. The number of carbonyl (C=O) groups excluding carboxylic acids is 1. The third-order valence-corrected chi connectivity index (χ3v) is 4.12. The summed E-state index contributed by atoms with van der Waals surface area (Å²) in [6.07, 6.45) is 4.76. The van der Waals surface area contributed by atoms with Crippen LogP contribution in [0.1, 0.15) is 12.8 Å². The highest BCUT2D eigenvalue weighted by Crippen LogP contribution is 2.30. The summed E-state index contributed by atoms with van der Waals surface area (Å²) in [5.41, 5.74) is 1.06. The van der Waals surface area contributed by atoms with Crippen molar-refractivity contribution in [1.82, 2.24) is 0 Å². The first-order valence-corrected chi connectivity index (χ1v) is 7.58. The Hall–Kier alpha value is -1.65. The molecular formula is C12H14N2O3S. The Morgan fingerprint density at radius 2 is 1.94 bits per heavy atom. The summed E-state index contributed by atoms with van der Waals surface area (Å²) in [5.74, 6) is 0. The van der Waals surface area contributed by atoms with Crippen molar-refractivity contribution in [3.63, 3.8) is 0 Å². The van der Waals surface area contributed by atoms with Gasteiger partial charge in [0.25, 0.3) is 0 Å². The van der Waals surface area contributed by atoms with Gasteiger partial charge in [0.2, 0.25) is 6.08 Å². The van der Waals surface area contributed by atoms with Gasteiger partial charge in [0, 0.05) is 25.0 Å². The van der Waals surface area contributed by atoms with Crippen LogP contribution in [-0.2, 0) is 14.6 Å². The molecule has 1 aromatic rings. The average molecular weight is 266 g/mol. The van der Waals surface area contributed by atoms with E-state index < -0.39 is 9.84 Å². The fourth-order valence-electron chi connectivity index (χ4n) is 2.13. The predicted molar refractivity (Wildman–Crippen MR) is 68.8 cm³/mol. The number of rotatable bonds is 3. The van der Waals surface area contributed by atoms with Crippen molar-refractivity contribution in [2.75, 3.05) is 24.2 Å². The Kier molecular flexibility index (Phi) is 3.50. The molecule has 0 spiro atoms. The lowest BCUT2D eigenvalue weighted by Gasteiger charge is -2.18. The van der Waals surface area contributed by atoms with E-state index in [2.05, 4.69) is 9.89 Å². The maximum absolute atomic E-state index is 11.6. The lowest BCUT2D eigenvalue weighted by atomic mass is 10.2. The average Bonchev–Trinajstić information content (AvgIpc) is 2.81. The minimum atomic E-state index is -3.39. The molecule has 1 aliphatic rings. The molecular weight excluding hydrogens is 252 g/mol. The largest absolute Gasteiger partial charge is 0.371 e. The summed E-state index contributed by atoms with van der Waals surface area (Å²) < 4.78 is 23.1. The third kappa shape index (κ3) is 2.60. The minimum Gasteiger partial charge on any atom is -0.371 e. The summed E-state index contributed by atoms with van der Waals surface area (Å²) in [5, 5.41) is 0. The zero-order valence-corrected chi connectivity index (χ0v) is 10.9. The molecule has 2 rings (SSSR count). The Labute approximate surface area is 106 Å². The minimum absolute atomic E-state index is 0.0637. The number of hydrogen-bond acceptors (Lipinski definition) is 5. The molecule has 5 nitrogen and oxygen atoms in total. The van der Waals surface area contributed by atoms with E-state index in [4.69, 9.17) is 0 Å². The summed E-state index contributed by atoms with van der Waals surface area (Å²) in [7, 11) is -3.39. The lowest BCUT2D eigenvalue weighted by molar-refractivity contribution is 0.565. The van der Waals surface area contributed by atoms with E-state index in [0.717, 1.165) is 37.9 Å². The van der Waals surface area contributed by atoms with Gasteiger partial charge in [-0.05, 0) is 31.0 Å². The molecule has 1 aliphatic heterocycles. The Morgan fingerprint density at radius 1 is 1.28 bits per heavy atom. The molecule has 0 amide bonds. The zero-order valence-electron chi connectivity index (χ0n) is 10.1. The first-order valence-electron chi connectivity index (χ1n) is 5.69. The fraction of sp³-hybridized carbons (Fsp3) is 0.417. The van der Waals surface area contributed by atoms with Gasteiger partial charge in [-0.2, -0.15) is 4.99 Å². The topological polar surface area (TPSA) is 66.8 Å². The van der Waals surface area contributed by atoms with Crippen LogP contribution >= 0.6 is 0 Å². The SMILES string of the molecule is CS(=O)(=O)c1ccc(N2CCCC2)cc1N=C=O. The van der Waals surface area contributed by atoms with Crippen LogP contribution in [0, 0.1) is 0 Å². The van der Waals surface area contributed by atoms with E-state index >= 15 is 0 Å². The van der Waals surface area contributed by atoms with Crippen molar-refractivity contribution in [2.24, 2.45) is 4.99 Å². The highest BCUT2D eigenvalue weighted by molar-refractivity contribution is 7.90. The molecule has 0 radical (unpaired) electrons. The van der Waals surface area contributed by atoms with Crippen LogP contribution < -0.4 is 4.90 Å². The molecule has 1 saturated heterocycles. The highest BCUT2D eigenvalue weighted by Gasteiger charge is 2.17. The zero-order chi connectivity index (χ0) is 13.2. The molecule has 0 aliphatic carbocycles. The fourth-order valence-corrected chi connectivity index (χ4v) is 2.93. The van der Waals surface area contributed by atoms with Gasteiger partial charge in [-0.3, -0.25) is 0 Å². The van der Waals surface area contributed by atoms with Gasteiger partial charge in [-0.1, -0.05) is 0 Å². The molecule has 1 aromatic carbocycles. The van der Waals surface area contributed by atoms with E-state index in [-0.39, 0.29) is 10.6 Å². The number of aliphatic imine (C=N–C) groups is 1. The van der Waals surface area contributed by atoms with Crippen LogP contribution in [0.3, 0.4) is 0 Å². The van der Waals surface area contributed by atoms with E-state index in [1.807, 2.05) is 0 Å².